The first-order valence-corrected chi connectivity index (χ1v) is 7.63. The Bertz CT molecular complexity index is 771. The van der Waals surface area contributed by atoms with Crippen molar-refractivity contribution in [1.29, 1.82) is 0 Å². The zero-order valence-electron chi connectivity index (χ0n) is 14.3. The molecule has 2 rings (SSSR count). The molecule has 26 heavy (non-hydrogen) atoms. The highest BCUT2D eigenvalue weighted by atomic mass is 16.5. The fourth-order valence-electron chi connectivity index (χ4n) is 2.24. The van der Waals surface area contributed by atoms with Crippen molar-refractivity contribution in [2.75, 3.05) is 14.2 Å². The summed E-state index contributed by atoms with van der Waals surface area (Å²) >= 11 is 0. The third-order valence-corrected chi connectivity index (χ3v) is 3.60. The second kappa shape index (κ2) is 8.53. The molecule has 0 bridgehead atoms. The van der Waals surface area contributed by atoms with E-state index >= 15 is 0 Å². The summed E-state index contributed by atoms with van der Waals surface area (Å²) in [6, 6.07) is 13.3. The molecule has 2 aromatic carbocycles. The Morgan fingerprint density at radius 2 is 1.00 bits per heavy atom. The lowest BCUT2D eigenvalue weighted by Gasteiger charge is -2.06. The van der Waals surface area contributed by atoms with Crippen LogP contribution in [0.15, 0.2) is 59.7 Å². The van der Waals surface area contributed by atoms with Gasteiger partial charge in [-0.2, -0.15) is 0 Å². The van der Waals surface area contributed by atoms with E-state index < -0.39 is 11.9 Å². The van der Waals surface area contributed by atoms with E-state index in [-0.39, 0.29) is 11.1 Å². The van der Waals surface area contributed by atoms with E-state index in [1.807, 2.05) is 0 Å². The molecule has 0 amide bonds. The summed E-state index contributed by atoms with van der Waals surface area (Å²) in [5.74, 6) is -1.43. The molecule has 0 heterocycles. The van der Waals surface area contributed by atoms with Crippen LogP contribution >= 0.6 is 0 Å². The van der Waals surface area contributed by atoms with Gasteiger partial charge < -0.3 is 19.7 Å². The minimum Gasteiger partial charge on any atom is -0.497 e. The summed E-state index contributed by atoms with van der Waals surface area (Å²) in [6.45, 7) is 0. The van der Waals surface area contributed by atoms with Crippen molar-refractivity contribution < 1.29 is 29.3 Å². The van der Waals surface area contributed by atoms with Gasteiger partial charge in [-0.05, 0) is 47.5 Å². The van der Waals surface area contributed by atoms with Crippen molar-refractivity contribution >= 4 is 24.1 Å². The molecule has 0 saturated heterocycles. The molecule has 0 aliphatic heterocycles. The van der Waals surface area contributed by atoms with E-state index in [4.69, 9.17) is 9.47 Å². The maximum atomic E-state index is 11.6. The van der Waals surface area contributed by atoms with Crippen molar-refractivity contribution in [3.63, 3.8) is 0 Å². The van der Waals surface area contributed by atoms with Crippen LogP contribution in [0.25, 0.3) is 12.2 Å². The maximum Gasteiger partial charge on any atom is 0.336 e. The van der Waals surface area contributed by atoms with E-state index in [9.17, 15) is 19.8 Å². The minimum absolute atomic E-state index is 0.321. The number of rotatable bonds is 7. The molecule has 0 aliphatic carbocycles. The third-order valence-electron chi connectivity index (χ3n) is 3.60. The first kappa shape index (κ1) is 18.8. The normalized spacial score (nSPS) is 11.8. The lowest BCUT2D eigenvalue weighted by molar-refractivity contribution is -0.136. The van der Waals surface area contributed by atoms with Gasteiger partial charge in [-0.3, -0.25) is 0 Å². The van der Waals surface area contributed by atoms with Crippen LogP contribution in [0.5, 0.6) is 11.5 Å². The molecule has 0 fully saturated rings. The first-order chi connectivity index (χ1) is 12.4. The quantitative estimate of drug-likeness (QED) is 0.585. The number of ether oxygens (including phenoxy) is 2. The van der Waals surface area contributed by atoms with Gasteiger partial charge in [0.2, 0.25) is 0 Å². The van der Waals surface area contributed by atoms with Crippen LogP contribution in [0, 0.1) is 0 Å². The van der Waals surface area contributed by atoms with E-state index in [1.165, 1.54) is 26.4 Å². The van der Waals surface area contributed by atoms with Crippen LogP contribution in [0.3, 0.4) is 0 Å². The van der Waals surface area contributed by atoms with E-state index in [0.717, 1.165) is 0 Å². The Labute approximate surface area is 150 Å². The number of aliphatic carboxylic acids is 2. The number of carboxylic acids is 2. The highest BCUT2D eigenvalue weighted by Crippen LogP contribution is 2.22. The highest BCUT2D eigenvalue weighted by Gasteiger charge is 2.20. The minimum atomic E-state index is -1.33. The molecule has 0 aliphatic rings. The predicted octanol–water partition coefficient (Wildman–Crippen LogP) is 3.34. The fourth-order valence-corrected chi connectivity index (χ4v) is 2.24. The van der Waals surface area contributed by atoms with Gasteiger partial charge in [0.05, 0.1) is 25.4 Å². The average molecular weight is 354 g/mol. The van der Waals surface area contributed by atoms with Gasteiger partial charge in [-0.15, -0.1) is 0 Å². The Morgan fingerprint density at radius 3 is 1.23 bits per heavy atom. The zero-order chi connectivity index (χ0) is 19.1. The van der Waals surface area contributed by atoms with Crippen LogP contribution in [0.2, 0.25) is 0 Å². The predicted molar refractivity (Wildman–Crippen MR) is 97.2 cm³/mol. The highest BCUT2D eigenvalue weighted by molar-refractivity contribution is 6.11. The summed E-state index contributed by atoms with van der Waals surface area (Å²) in [4.78, 5) is 23.3. The topological polar surface area (TPSA) is 93.1 Å². The van der Waals surface area contributed by atoms with Gasteiger partial charge in [0.25, 0.3) is 0 Å². The lowest BCUT2D eigenvalue weighted by atomic mass is 10.00. The van der Waals surface area contributed by atoms with Gasteiger partial charge in [0, 0.05) is 0 Å². The second-order valence-electron chi connectivity index (χ2n) is 5.27. The maximum absolute atomic E-state index is 11.6. The van der Waals surface area contributed by atoms with Crippen LogP contribution in [0.1, 0.15) is 11.1 Å². The van der Waals surface area contributed by atoms with Crippen LogP contribution < -0.4 is 9.47 Å². The van der Waals surface area contributed by atoms with Crippen molar-refractivity contribution in [2.45, 2.75) is 0 Å². The number of carboxylic acid groups (broad SMARTS) is 2. The molecule has 0 atom stereocenters. The van der Waals surface area contributed by atoms with Crippen LogP contribution in [-0.2, 0) is 9.59 Å². The molecule has 0 radical (unpaired) electrons. The molecule has 6 heteroatoms. The lowest BCUT2D eigenvalue weighted by Crippen LogP contribution is -2.11. The monoisotopic (exact) mass is 354 g/mol. The molecule has 2 N–H and O–H groups in total. The molecule has 0 spiro atoms. The van der Waals surface area contributed by atoms with Gasteiger partial charge in [-0.25, -0.2) is 9.59 Å². The standard InChI is InChI=1S/C20H18O6/c1-25-15-7-3-13(4-8-15)11-17(19(21)22)18(20(23)24)12-14-5-9-16(26-2)10-6-14/h3-12H,1-2H3,(H,21,22)(H,23,24)/b17-11+,18-12+. The second-order valence-corrected chi connectivity index (χ2v) is 5.27. The van der Waals surface area contributed by atoms with Crippen molar-refractivity contribution in [3.8, 4) is 11.5 Å². The van der Waals surface area contributed by atoms with Crippen LogP contribution in [-0.4, -0.2) is 36.4 Å². The fraction of sp³-hybridized carbons (Fsp3) is 0.100. The molecule has 2 aromatic rings. The van der Waals surface area contributed by atoms with E-state index in [1.54, 1.807) is 48.5 Å². The van der Waals surface area contributed by atoms with Crippen molar-refractivity contribution in [3.05, 3.63) is 70.8 Å². The average Bonchev–Trinajstić information content (AvgIpc) is 2.65. The summed E-state index contributed by atoms with van der Waals surface area (Å²) in [5.41, 5.74) is 0.451. The number of methoxy groups -OCH3 is 2. The molecule has 0 unspecified atom stereocenters. The Kier molecular flexibility index (Phi) is 6.16. The molecule has 6 nitrogen and oxygen atoms in total. The molecular formula is C20H18O6. The summed E-state index contributed by atoms with van der Waals surface area (Å²) in [5, 5.41) is 19.0. The smallest absolute Gasteiger partial charge is 0.336 e. The molecule has 0 aromatic heterocycles. The van der Waals surface area contributed by atoms with E-state index in [0.29, 0.717) is 22.6 Å². The summed E-state index contributed by atoms with van der Waals surface area (Å²) < 4.78 is 10.1. The zero-order valence-corrected chi connectivity index (χ0v) is 14.3. The van der Waals surface area contributed by atoms with Crippen molar-refractivity contribution in [1.82, 2.24) is 0 Å². The largest absolute Gasteiger partial charge is 0.497 e. The number of benzene rings is 2. The van der Waals surface area contributed by atoms with Crippen LogP contribution in [0.4, 0.5) is 0 Å². The Morgan fingerprint density at radius 1 is 0.692 bits per heavy atom. The summed E-state index contributed by atoms with van der Waals surface area (Å²) in [7, 11) is 3.04. The molecular weight excluding hydrogens is 336 g/mol. The van der Waals surface area contributed by atoms with Gasteiger partial charge in [-0.1, -0.05) is 24.3 Å². The Hall–Kier alpha value is -3.54. The van der Waals surface area contributed by atoms with Gasteiger partial charge in [0.1, 0.15) is 11.5 Å². The molecule has 134 valence electrons. The number of carbonyl (C=O) groups is 2. The first-order valence-electron chi connectivity index (χ1n) is 7.63. The number of hydrogen-bond donors (Lipinski definition) is 2. The van der Waals surface area contributed by atoms with E-state index in [2.05, 4.69) is 0 Å². The van der Waals surface area contributed by atoms with Crippen molar-refractivity contribution in [2.24, 2.45) is 0 Å². The van der Waals surface area contributed by atoms with Gasteiger partial charge in [0.15, 0.2) is 0 Å². The Balaban J connectivity index is 2.47. The SMILES string of the molecule is COc1ccc(/C=C(C(=O)O)\C(=C/c2ccc(OC)cc2)C(=O)O)cc1. The number of hydrogen-bond acceptors (Lipinski definition) is 4. The summed E-state index contributed by atoms with van der Waals surface area (Å²) in [6.07, 6.45) is 2.62. The third kappa shape index (κ3) is 4.73. The van der Waals surface area contributed by atoms with Gasteiger partial charge >= 0.3 is 11.9 Å². The molecule has 0 saturated carbocycles.